The minimum absolute atomic E-state index is 0.0405. The van der Waals surface area contributed by atoms with E-state index in [1.54, 1.807) is 0 Å². The lowest BCUT2D eigenvalue weighted by Crippen LogP contribution is -2.38. The maximum atomic E-state index is 13.2. The lowest BCUT2D eigenvalue weighted by Gasteiger charge is -2.27. The molecule has 0 aromatic heterocycles. The highest BCUT2D eigenvalue weighted by Crippen LogP contribution is 2.41. The second-order valence-electron chi connectivity index (χ2n) is 7.67. The number of nitrogens with one attached hydrogen (secondary N) is 1. The topological polar surface area (TPSA) is 38.0 Å². The molecule has 0 saturated heterocycles. The van der Waals surface area contributed by atoms with Crippen molar-refractivity contribution < 1.29 is 8.78 Å². The zero-order valence-corrected chi connectivity index (χ0v) is 12.8. The van der Waals surface area contributed by atoms with Gasteiger partial charge in [0.15, 0.2) is 0 Å². The highest BCUT2D eigenvalue weighted by Gasteiger charge is 2.39. The van der Waals surface area contributed by atoms with E-state index in [1.807, 2.05) is 0 Å². The minimum Gasteiger partial charge on any atom is -0.271 e. The van der Waals surface area contributed by atoms with E-state index in [0.29, 0.717) is 17.8 Å². The zero-order valence-electron chi connectivity index (χ0n) is 12.8. The third-order valence-electron chi connectivity index (χ3n) is 4.01. The molecule has 2 nitrogen and oxygen atoms in total. The van der Waals surface area contributed by atoms with Crippen LogP contribution in [0.5, 0.6) is 0 Å². The standard InChI is InChI=1S/C15H30F2N2/c1-11(9-14(2,3)4)7-13(19-18)8-12-5-6-15(16,17)10-12/h11-13,19H,5-10,18H2,1-4H3. The van der Waals surface area contributed by atoms with Gasteiger partial charge in [-0.2, -0.15) is 0 Å². The zero-order chi connectivity index (χ0) is 14.7. The Bertz CT molecular complexity index is 274. The predicted octanol–water partition coefficient (Wildman–Crippen LogP) is 4.11. The van der Waals surface area contributed by atoms with Crippen molar-refractivity contribution in [3.8, 4) is 0 Å². The molecule has 19 heavy (non-hydrogen) atoms. The molecular weight excluding hydrogens is 246 g/mol. The van der Waals surface area contributed by atoms with Crippen molar-refractivity contribution in [2.75, 3.05) is 0 Å². The lowest BCUT2D eigenvalue weighted by atomic mass is 9.81. The largest absolute Gasteiger partial charge is 0.271 e. The summed E-state index contributed by atoms with van der Waals surface area (Å²) in [5.41, 5.74) is 3.13. The van der Waals surface area contributed by atoms with E-state index in [0.717, 1.165) is 19.3 Å². The smallest absolute Gasteiger partial charge is 0.248 e. The quantitative estimate of drug-likeness (QED) is 0.566. The van der Waals surface area contributed by atoms with E-state index < -0.39 is 5.92 Å². The SMILES string of the molecule is CC(CC(CC1CCC(F)(F)C1)NN)CC(C)(C)C. The Balaban J connectivity index is 2.38. The molecule has 1 rings (SSSR count). The third kappa shape index (κ3) is 6.66. The van der Waals surface area contributed by atoms with Crippen molar-refractivity contribution in [3.63, 3.8) is 0 Å². The molecule has 4 heteroatoms. The molecular formula is C15H30F2N2. The Labute approximate surface area is 116 Å². The first-order valence-corrected chi connectivity index (χ1v) is 7.45. The van der Waals surface area contributed by atoms with E-state index in [2.05, 4.69) is 33.1 Å². The molecule has 1 aliphatic rings. The number of nitrogens with two attached hydrogens (primary N) is 1. The van der Waals surface area contributed by atoms with Crippen molar-refractivity contribution in [2.45, 2.75) is 78.2 Å². The summed E-state index contributed by atoms with van der Waals surface area (Å²) in [7, 11) is 0. The van der Waals surface area contributed by atoms with Crippen molar-refractivity contribution in [3.05, 3.63) is 0 Å². The van der Waals surface area contributed by atoms with E-state index in [9.17, 15) is 8.78 Å². The molecule has 1 aliphatic carbocycles. The lowest BCUT2D eigenvalue weighted by molar-refractivity contribution is 0.00421. The van der Waals surface area contributed by atoms with Gasteiger partial charge in [0.1, 0.15) is 0 Å². The number of hydrogen-bond acceptors (Lipinski definition) is 2. The summed E-state index contributed by atoms with van der Waals surface area (Å²) in [5.74, 6) is 3.83. The summed E-state index contributed by atoms with van der Waals surface area (Å²) in [6.45, 7) is 8.91. The van der Waals surface area contributed by atoms with Crippen LogP contribution in [0.1, 0.15) is 66.2 Å². The fraction of sp³-hybridized carbons (Fsp3) is 1.00. The van der Waals surface area contributed by atoms with E-state index in [-0.39, 0.29) is 24.8 Å². The second-order valence-corrected chi connectivity index (χ2v) is 7.67. The number of hydrazine groups is 1. The van der Waals surface area contributed by atoms with Gasteiger partial charge in [-0.3, -0.25) is 11.3 Å². The molecule has 3 atom stereocenters. The highest BCUT2D eigenvalue weighted by atomic mass is 19.3. The molecule has 3 unspecified atom stereocenters. The molecule has 0 radical (unpaired) electrons. The average Bonchev–Trinajstić information content (AvgIpc) is 2.54. The van der Waals surface area contributed by atoms with Gasteiger partial charge in [-0.25, -0.2) is 8.78 Å². The van der Waals surface area contributed by atoms with Gasteiger partial charge in [0.25, 0.3) is 0 Å². The molecule has 3 N–H and O–H groups in total. The summed E-state index contributed by atoms with van der Waals surface area (Å²) in [6, 6.07) is 0.163. The van der Waals surface area contributed by atoms with Crippen LogP contribution in [-0.4, -0.2) is 12.0 Å². The molecule has 0 bridgehead atoms. The molecule has 0 spiro atoms. The fourth-order valence-electron chi connectivity index (χ4n) is 3.49. The van der Waals surface area contributed by atoms with Crippen LogP contribution < -0.4 is 11.3 Å². The van der Waals surface area contributed by atoms with Gasteiger partial charge in [-0.1, -0.05) is 27.7 Å². The first-order chi connectivity index (χ1) is 8.61. The van der Waals surface area contributed by atoms with Crippen molar-refractivity contribution in [2.24, 2.45) is 23.1 Å². The van der Waals surface area contributed by atoms with Gasteiger partial charge in [0.05, 0.1) is 0 Å². The maximum Gasteiger partial charge on any atom is 0.248 e. The number of hydrogen-bond donors (Lipinski definition) is 2. The predicted molar refractivity (Wildman–Crippen MR) is 75.9 cm³/mol. The van der Waals surface area contributed by atoms with E-state index >= 15 is 0 Å². The normalized spacial score (nSPS) is 26.4. The van der Waals surface area contributed by atoms with E-state index in [1.165, 1.54) is 0 Å². The molecule has 1 saturated carbocycles. The van der Waals surface area contributed by atoms with Crippen LogP contribution in [0.3, 0.4) is 0 Å². The van der Waals surface area contributed by atoms with Gasteiger partial charge in [-0.15, -0.1) is 0 Å². The first kappa shape index (κ1) is 16.8. The molecule has 0 aromatic rings. The van der Waals surface area contributed by atoms with Crippen LogP contribution in [0, 0.1) is 17.3 Å². The number of halogens is 2. The summed E-state index contributed by atoms with van der Waals surface area (Å²) < 4.78 is 26.4. The summed E-state index contributed by atoms with van der Waals surface area (Å²) in [5, 5.41) is 0. The monoisotopic (exact) mass is 276 g/mol. The third-order valence-corrected chi connectivity index (χ3v) is 4.01. The summed E-state index contributed by atoms with van der Waals surface area (Å²) in [6.07, 6.45) is 3.60. The van der Waals surface area contributed by atoms with Crippen molar-refractivity contribution in [1.29, 1.82) is 0 Å². The molecule has 0 aliphatic heterocycles. The Morgan fingerprint density at radius 2 is 2.00 bits per heavy atom. The Morgan fingerprint density at radius 3 is 2.42 bits per heavy atom. The van der Waals surface area contributed by atoms with Crippen LogP contribution in [0.25, 0.3) is 0 Å². The van der Waals surface area contributed by atoms with Crippen LogP contribution in [0.15, 0.2) is 0 Å². The molecule has 0 heterocycles. The first-order valence-electron chi connectivity index (χ1n) is 7.45. The van der Waals surface area contributed by atoms with Crippen LogP contribution >= 0.6 is 0 Å². The summed E-state index contributed by atoms with van der Waals surface area (Å²) in [4.78, 5) is 0. The number of alkyl halides is 2. The number of rotatable bonds is 6. The van der Waals surface area contributed by atoms with Crippen LogP contribution in [-0.2, 0) is 0 Å². The fourth-order valence-corrected chi connectivity index (χ4v) is 3.49. The van der Waals surface area contributed by atoms with Crippen molar-refractivity contribution in [1.82, 2.24) is 5.43 Å². The van der Waals surface area contributed by atoms with Gasteiger partial charge in [-0.05, 0) is 42.9 Å². The Kier molecular flexibility index (Phi) is 5.75. The Hall–Kier alpha value is -0.220. The maximum absolute atomic E-state index is 13.2. The summed E-state index contributed by atoms with van der Waals surface area (Å²) >= 11 is 0. The highest BCUT2D eigenvalue weighted by molar-refractivity contribution is 4.84. The van der Waals surface area contributed by atoms with Gasteiger partial charge in [0, 0.05) is 18.9 Å². The average molecular weight is 276 g/mol. The van der Waals surface area contributed by atoms with E-state index in [4.69, 9.17) is 5.84 Å². The molecule has 1 fully saturated rings. The molecule has 0 aromatic carbocycles. The van der Waals surface area contributed by atoms with Gasteiger partial charge >= 0.3 is 0 Å². The van der Waals surface area contributed by atoms with Crippen LogP contribution in [0.2, 0.25) is 0 Å². The second kappa shape index (κ2) is 6.49. The molecule has 0 amide bonds. The van der Waals surface area contributed by atoms with Crippen LogP contribution in [0.4, 0.5) is 8.78 Å². The van der Waals surface area contributed by atoms with Gasteiger partial charge < -0.3 is 0 Å². The Morgan fingerprint density at radius 1 is 1.37 bits per heavy atom. The molecule has 114 valence electrons. The van der Waals surface area contributed by atoms with Crippen molar-refractivity contribution >= 4 is 0 Å². The van der Waals surface area contributed by atoms with Gasteiger partial charge in [0.2, 0.25) is 5.92 Å². The minimum atomic E-state index is -2.44.